The zero-order valence-electron chi connectivity index (χ0n) is 9.96. The number of benzene rings is 1. The van der Waals surface area contributed by atoms with Gasteiger partial charge in [-0.1, -0.05) is 0 Å². The van der Waals surface area contributed by atoms with Crippen molar-refractivity contribution in [2.45, 2.75) is 6.92 Å². The summed E-state index contributed by atoms with van der Waals surface area (Å²) in [4.78, 5) is 4.39. The Hall–Kier alpha value is -1.29. The maximum Gasteiger partial charge on any atom is 0.124 e. The van der Waals surface area contributed by atoms with Gasteiger partial charge in [0, 0.05) is 29.1 Å². The molecule has 2 aromatic rings. The van der Waals surface area contributed by atoms with E-state index in [-0.39, 0.29) is 5.82 Å². The Morgan fingerprint density at radius 3 is 2.94 bits per heavy atom. The average Bonchev–Trinajstić information content (AvgIpc) is 2.30. The minimum Gasteiger partial charge on any atom is -0.384 e. The molecule has 4 heteroatoms. The van der Waals surface area contributed by atoms with Gasteiger partial charge in [0.2, 0.25) is 0 Å². The van der Waals surface area contributed by atoms with Gasteiger partial charge in [0.25, 0.3) is 0 Å². The molecule has 1 N–H and O–H groups in total. The number of aryl methyl sites for hydroxylation is 1. The van der Waals surface area contributed by atoms with E-state index in [0.717, 1.165) is 34.6 Å². The number of nitrogens with zero attached hydrogens (tertiary/aromatic N) is 1. The van der Waals surface area contributed by atoms with Crippen LogP contribution in [-0.4, -0.2) is 23.5 Å². The summed E-state index contributed by atoms with van der Waals surface area (Å²) < 4.78 is 13.2. The molecule has 0 fully saturated rings. The maximum absolute atomic E-state index is 13.2. The molecule has 0 aliphatic rings. The second-order valence-corrected chi connectivity index (χ2v) is 4.88. The summed E-state index contributed by atoms with van der Waals surface area (Å²) in [7, 11) is 0. The molecule has 1 aromatic carbocycles. The Kier molecular flexibility index (Phi) is 3.84. The highest BCUT2D eigenvalue weighted by Gasteiger charge is 2.04. The van der Waals surface area contributed by atoms with Crippen molar-refractivity contribution in [2.75, 3.05) is 23.9 Å². The number of thioether (sulfide) groups is 1. The molecule has 0 amide bonds. The van der Waals surface area contributed by atoms with Crippen LogP contribution in [-0.2, 0) is 0 Å². The van der Waals surface area contributed by atoms with Gasteiger partial charge >= 0.3 is 0 Å². The van der Waals surface area contributed by atoms with Crippen LogP contribution in [0.4, 0.5) is 10.1 Å². The SMILES string of the molecule is CSCCNc1cc(C)nc2ccc(F)cc12. The van der Waals surface area contributed by atoms with Crippen molar-refractivity contribution in [1.82, 2.24) is 4.98 Å². The molecule has 0 bridgehead atoms. The molecule has 2 nitrogen and oxygen atoms in total. The third-order valence-electron chi connectivity index (χ3n) is 2.52. The lowest BCUT2D eigenvalue weighted by atomic mass is 10.1. The standard InChI is InChI=1S/C13H15FN2S/c1-9-7-13(15-5-6-17-2)11-8-10(14)3-4-12(11)16-9/h3-4,7-8H,5-6H2,1-2H3,(H,15,16). The van der Waals surface area contributed by atoms with Gasteiger partial charge in [0.05, 0.1) is 5.52 Å². The van der Waals surface area contributed by atoms with Crippen LogP contribution in [0.15, 0.2) is 24.3 Å². The highest BCUT2D eigenvalue weighted by Crippen LogP contribution is 2.23. The van der Waals surface area contributed by atoms with E-state index >= 15 is 0 Å². The Labute approximate surface area is 105 Å². The van der Waals surface area contributed by atoms with Gasteiger partial charge < -0.3 is 5.32 Å². The van der Waals surface area contributed by atoms with E-state index in [1.165, 1.54) is 12.1 Å². The predicted octanol–water partition coefficient (Wildman–Crippen LogP) is 3.46. The van der Waals surface area contributed by atoms with E-state index in [0.29, 0.717) is 0 Å². The fourth-order valence-corrected chi connectivity index (χ4v) is 2.07. The summed E-state index contributed by atoms with van der Waals surface area (Å²) in [5.74, 6) is 0.800. The highest BCUT2D eigenvalue weighted by molar-refractivity contribution is 7.98. The molecule has 0 atom stereocenters. The molecule has 90 valence electrons. The lowest BCUT2D eigenvalue weighted by molar-refractivity contribution is 0.629. The number of anilines is 1. The van der Waals surface area contributed by atoms with Gasteiger partial charge in [-0.15, -0.1) is 0 Å². The minimum atomic E-state index is -0.226. The summed E-state index contributed by atoms with van der Waals surface area (Å²) in [5.41, 5.74) is 2.73. The van der Waals surface area contributed by atoms with E-state index in [2.05, 4.69) is 16.6 Å². The van der Waals surface area contributed by atoms with Crippen molar-refractivity contribution in [3.8, 4) is 0 Å². The quantitative estimate of drug-likeness (QED) is 0.841. The van der Waals surface area contributed by atoms with Gasteiger partial charge in [-0.25, -0.2) is 4.39 Å². The number of halogens is 1. The number of fused-ring (bicyclic) bond motifs is 1. The molecule has 1 heterocycles. The monoisotopic (exact) mass is 250 g/mol. The van der Waals surface area contributed by atoms with Crippen LogP contribution >= 0.6 is 11.8 Å². The second-order valence-electron chi connectivity index (χ2n) is 3.89. The molecule has 0 aliphatic heterocycles. The number of hydrogen-bond donors (Lipinski definition) is 1. The summed E-state index contributed by atoms with van der Waals surface area (Å²) in [6.07, 6.45) is 2.07. The number of nitrogens with one attached hydrogen (secondary N) is 1. The third-order valence-corrected chi connectivity index (χ3v) is 3.13. The Balaban J connectivity index is 2.40. The summed E-state index contributed by atoms with van der Waals surface area (Å²) in [6, 6.07) is 6.66. The van der Waals surface area contributed by atoms with Crippen LogP contribution < -0.4 is 5.32 Å². The van der Waals surface area contributed by atoms with Gasteiger partial charge in [-0.2, -0.15) is 11.8 Å². The zero-order chi connectivity index (χ0) is 12.3. The minimum absolute atomic E-state index is 0.226. The molecule has 0 saturated heterocycles. The van der Waals surface area contributed by atoms with E-state index in [9.17, 15) is 4.39 Å². The highest BCUT2D eigenvalue weighted by atomic mass is 32.2. The first kappa shape index (κ1) is 12.2. The number of hydrogen-bond acceptors (Lipinski definition) is 3. The molecule has 17 heavy (non-hydrogen) atoms. The Morgan fingerprint density at radius 1 is 1.35 bits per heavy atom. The normalized spacial score (nSPS) is 10.8. The van der Waals surface area contributed by atoms with E-state index in [1.807, 2.05) is 13.0 Å². The Morgan fingerprint density at radius 2 is 2.18 bits per heavy atom. The van der Waals surface area contributed by atoms with Crippen molar-refractivity contribution >= 4 is 28.4 Å². The fourth-order valence-electron chi connectivity index (χ4n) is 1.76. The van der Waals surface area contributed by atoms with Crippen LogP contribution in [0.3, 0.4) is 0 Å². The largest absolute Gasteiger partial charge is 0.384 e. The third kappa shape index (κ3) is 2.88. The smallest absolute Gasteiger partial charge is 0.124 e. The molecule has 0 radical (unpaired) electrons. The summed E-state index contributed by atoms with van der Waals surface area (Å²) >= 11 is 1.78. The van der Waals surface area contributed by atoms with Gasteiger partial charge in [-0.3, -0.25) is 4.98 Å². The summed E-state index contributed by atoms with van der Waals surface area (Å²) in [6.45, 7) is 2.82. The van der Waals surface area contributed by atoms with Gasteiger partial charge in [-0.05, 0) is 37.4 Å². The van der Waals surface area contributed by atoms with Crippen LogP contribution in [0.25, 0.3) is 10.9 Å². The van der Waals surface area contributed by atoms with E-state index in [1.54, 1.807) is 17.8 Å². The topological polar surface area (TPSA) is 24.9 Å². The maximum atomic E-state index is 13.2. The Bertz CT molecular complexity index is 528. The number of aromatic nitrogens is 1. The average molecular weight is 250 g/mol. The van der Waals surface area contributed by atoms with Crippen LogP contribution in [0.1, 0.15) is 5.69 Å². The number of pyridine rings is 1. The van der Waals surface area contributed by atoms with Gasteiger partial charge in [0.1, 0.15) is 5.82 Å². The molecule has 0 aliphatic carbocycles. The first-order valence-corrected chi connectivity index (χ1v) is 6.90. The molecule has 0 spiro atoms. The predicted molar refractivity (Wildman–Crippen MR) is 73.3 cm³/mol. The number of rotatable bonds is 4. The molecule has 0 unspecified atom stereocenters. The van der Waals surface area contributed by atoms with Crippen molar-refractivity contribution in [3.05, 3.63) is 35.8 Å². The van der Waals surface area contributed by atoms with Crippen molar-refractivity contribution in [1.29, 1.82) is 0 Å². The first-order valence-electron chi connectivity index (χ1n) is 5.50. The van der Waals surface area contributed by atoms with E-state index < -0.39 is 0 Å². The van der Waals surface area contributed by atoms with Crippen molar-refractivity contribution in [2.24, 2.45) is 0 Å². The second kappa shape index (κ2) is 5.36. The molecule has 0 saturated carbocycles. The molecular formula is C13H15FN2S. The molecule has 2 rings (SSSR count). The lowest BCUT2D eigenvalue weighted by Crippen LogP contribution is -2.05. The summed E-state index contributed by atoms with van der Waals surface area (Å²) in [5, 5.41) is 4.17. The first-order chi connectivity index (χ1) is 8.20. The lowest BCUT2D eigenvalue weighted by Gasteiger charge is -2.10. The van der Waals surface area contributed by atoms with Crippen molar-refractivity contribution in [3.63, 3.8) is 0 Å². The van der Waals surface area contributed by atoms with Gasteiger partial charge in [0.15, 0.2) is 0 Å². The molecular weight excluding hydrogens is 235 g/mol. The van der Waals surface area contributed by atoms with Crippen molar-refractivity contribution < 1.29 is 4.39 Å². The van der Waals surface area contributed by atoms with E-state index in [4.69, 9.17) is 0 Å². The van der Waals surface area contributed by atoms with Crippen LogP contribution in [0, 0.1) is 12.7 Å². The molecule has 1 aromatic heterocycles. The van der Waals surface area contributed by atoms with Crippen LogP contribution in [0.5, 0.6) is 0 Å². The zero-order valence-corrected chi connectivity index (χ0v) is 10.8. The fraction of sp³-hybridized carbons (Fsp3) is 0.308. The van der Waals surface area contributed by atoms with Crippen LogP contribution in [0.2, 0.25) is 0 Å².